The molecule has 3 rings (SSSR count). The summed E-state index contributed by atoms with van der Waals surface area (Å²) in [5.74, 6) is -0.473. The van der Waals surface area contributed by atoms with Gasteiger partial charge in [-0.2, -0.15) is 10.3 Å². The van der Waals surface area contributed by atoms with Crippen LogP contribution in [-0.4, -0.2) is 34.3 Å². The lowest BCUT2D eigenvalue weighted by atomic mass is 10.2. The van der Waals surface area contributed by atoms with Crippen molar-refractivity contribution in [3.05, 3.63) is 81.5 Å². The van der Waals surface area contributed by atoms with E-state index in [2.05, 4.69) is 20.7 Å². The Kier molecular flexibility index (Phi) is 5.41. The van der Waals surface area contributed by atoms with Crippen molar-refractivity contribution in [3.63, 3.8) is 0 Å². The molecular weight excluding hydrogens is 353 g/mol. The van der Waals surface area contributed by atoms with Gasteiger partial charge in [0.1, 0.15) is 11.6 Å². The lowest BCUT2D eigenvalue weighted by Gasteiger charge is -2.03. The van der Waals surface area contributed by atoms with Crippen molar-refractivity contribution in [2.75, 3.05) is 7.11 Å². The number of nitrogens with one attached hydrogen (secondary N) is 2. The maximum Gasteiger partial charge on any atom is 0.320 e. The zero-order chi connectivity index (χ0) is 19.2. The van der Waals surface area contributed by atoms with Crippen LogP contribution >= 0.6 is 0 Å². The molecule has 0 atom stereocenters. The molecule has 0 unspecified atom stereocenters. The SMILES string of the molecule is COc1ccc(C=Nn2[nH]nc(C(=O)NCc3ccccc3F)c2=O)cc1. The third kappa shape index (κ3) is 4.27. The average Bonchev–Trinajstić information content (AvgIpc) is 3.06. The van der Waals surface area contributed by atoms with Crippen LogP contribution in [0, 0.1) is 5.82 Å². The number of carbonyl (C=O) groups is 1. The number of aromatic amines is 1. The summed E-state index contributed by atoms with van der Waals surface area (Å²) in [5, 5.41) is 12.4. The molecule has 0 radical (unpaired) electrons. The third-order valence-electron chi connectivity index (χ3n) is 3.70. The van der Waals surface area contributed by atoms with E-state index < -0.39 is 17.3 Å². The van der Waals surface area contributed by atoms with Gasteiger partial charge in [-0.1, -0.05) is 18.2 Å². The van der Waals surface area contributed by atoms with Crippen molar-refractivity contribution in [2.45, 2.75) is 6.54 Å². The highest BCUT2D eigenvalue weighted by Gasteiger charge is 2.16. The van der Waals surface area contributed by atoms with Crippen molar-refractivity contribution < 1.29 is 13.9 Å². The summed E-state index contributed by atoms with van der Waals surface area (Å²) in [7, 11) is 1.56. The number of ether oxygens (including phenoxy) is 1. The number of amides is 1. The van der Waals surface area contributed by atoms with E-state index >= 15 is 0 Å². The minimum atomic E-state index is -0.724. The molecule has 1 aromatic heterocycles. The third-order valence-corrected chi connectivity index (χ3v) is 3.70. The predicted octanol–water partition coefficient (Wildman–Crippen LogP) is 1.53. The number of benzene rings is 2. The summed E-state index contributed by atoms with van der Waals surface area (Å²) < 4.78 is 18.6. The Bertz CT molecular complexity index is 1020. The van der Waals surface area contributed by atoms with E-state index in [1.807, 2.05) is 0 Å². The molecule has 9 heteroatoms. The molecule has 1 heterocycles. The number of methoxy groups -OCH3 is 1. The van der Waals surface area contributed by atoms with Crippen LogP contribution in [-0.2, 0) is 6.54 Å². The monoisotopic (exact) mass is 369 g/mol. The standard InChI is InChI=1S/C18H16FN5O3/c1-27-14-8-6-12(7-9-14)10-21-24-18(26)16(22-23-24)17(25)20-11-13-4-2-3-5-15(13)19/h2-10,23H,11H2,1H3,(H,20,25). The highest BCUT2D eigenvalue weighted by atomic mass is 19.1. The van der Waals surface area contributed by atoms with E-state index in [1.165, 1.54) is 18.3 Å². The molecule has 0 aliphatic heterocycles. The van der Waals surface area contributed by atoms with Crippen LogP contribution in [0.4, 0.5) is 4.39 Å². The van der Waals surface area contributed by atoms with Crippen LogP contribution < -0.4 is 15.6 Å². The number of halogens is 1. The smallest absolute Gasteiger partial charge is 0.320 e. The van der Waals surface area contributed by atoms with Gasteiger partial charge in [-0.05, 0) is 35.9 Å². The summed E-state index contributed by atoms with van der Waals surface area (Å²) >= 11 is 0. The van der Waals surface area contributed by atoms with Crippen LogP contribution in [0.3, 0.4) is 0 Å². The number of aromatic nitrogens is 3. The van der Waals surface area contributed by atoms with Gasteiger partial charge in [0.25, 0.3) is 5.91 Å². The van der Waals surface area contributed by atoms with Crippen molar-refractivity contribution in [3.8, 4) is 5.75 Å². The highest BCUT2D eigenvalue weighted by molar-refractivity contribution is 5.91. The summed E-state index contributed by atoms with van der Waals surface area (Å²) in [5.41, 5.74) is -0.0499. The minimum Gasteiger partial charge on any atom is -0.497 e. The van der Waals surface area contributed by atoms with Gasteiger partial charge in [-0.25, -0.2) is 4.39 Å². The Morgan fingerprint density at radius 2 is 2.04 bits per heavy atom. The largest absolute Gasteiger partial charge is 0.497 e. The maximum absolute atomic E-state index is 13.6. The summed E-state index contributed by atoms with van der Waals surface area (Å²) in [6, 6.07) is 13.0. The zero-order valence-electron chi connectivity index (χ0n) is 14.3. The number of carbonyl (C=O) groups excluding carboxylic acids is 1. The van der Waals surface area contributed by atoms with Crippen LogP contribution in [0.25, 0.3) is 0 Å². The molecule has 0 aliphatic rings. The highest BCUT2D eigenvalue weighted by Crippen LogP contribution is 2.09. The van der Waals surface area contributed by atoms with Gasteiger partial charge in [-0.15, -0.1) is 9.89 Å². The molecular formula is C18H16FN5O3. The van der Waals surface area contributed by atoms with Gasteiger partial charge >= 0.3 is 5.56 Å². The molecule has 8 nitrogen and oxygen atoms in total. The van der Waals surface area contributed by atoms with Gasteiger partial charge in [0.05, 0.1) is 13.3 Å². The Morgan fingerprint density at radius 3 is 2.74 bits per heavy atom. The second-order valence-electron chi connectivity index (χ2n) is 5.47. The Balaban J connectivity index is 1.68. The topological polar surface area (TPSA) is 101 Å². The van der Waals surface area contributed by atoms with Crippen molar-refractivity contribution in [1.82, 2.24) is 20.4 Å². The first-order chi connectivity index (χ1) is 13.1. The van der Waals surface area contributed by atoms with Crippen LogP contribution in [0.5, 0.6) is 5.75 Å². The van der Waals surface area contributed by atoms with E-state index in [0.29, 0.717) is 11.3 Å². The number of hydrogen-bond acceptors (Lipinski definition) is 5. The number of rotatable bonds is 6. The van der Waals surface area contributed by atoms with Crippen molar-refractivity contribution in [2.24, 2.45) is 5.10 Å². The first-order valence-electron chi connectivity index (χ1n) is 7.96. The summed E-state index contributed by atoms with van der Waals surface area (Å²) in [6.45, 7) is -0.0626. The van der Waals surface area contributed by atoms with Gasteiger partial charge in [-0.3, -0.25) is 9.59 Å². The lowest BCUT2D eigenvalue weighted by Crippen LogP contribution is -2.29. The van der Waals surface area contributed by atoms with Crippen LogP contribution in [0.2, 0.25) is 0 Å². The van der Waals surface area contributed by atoms with Gasteiger partial charge < -0.3 is 10.1 Å². The molecule has 1 amide bonds. The van der Waals surface area contributed by atoms with E-state index in [-0.39, 0.29) is 12.2 Å². The lowest BCUT2D eigenvalue weighted by molar-refractivity contribution is 0.0944. The molecule has 2 N–H and O–H groups in total. The summed E-state index contributed by atoms with van der Waals surface area (Å²) in [4.78, 5) is 25.2. The van der Waals surface area contributed by atoms with E-state index in [9.17, 15) is 14.0 Å². The minimum absolute atomic E-state index is 0.0626. The molecule has 0 aliphatic carbocycles. The van der Waals surface area contributed by atoms with Crippen molar-refractivity contribution in [1.29, 1.82) is 0 Å². The van der Waals surface area contributed by atoms with Gasteiger partial charge in [0.2, 0.25) is 5.69 Å². The molecule has 0 spiro atoms. The number of hydrogen-bond donors (Lipinski definition) is 2. The molecule has 0 saturated carbocycles. The van der Waals surface area contributed by atoms with Crippen LogP contribution in [0.15, 0.2) is 58.4 Å². The van der Waals surface area contributed by atoms with Crippen LogP contribution in [0.1, 0.15) is 21.6 Å². The fourth-order valence-corrected chi connectivity index (χ4v) is 2.23. The Morgan fingerprint density at radius 1 is 1.30 bits per heavy atom. The fraction of sp³-hybridized carbons (Fsp3) is 0.111. The Hall–Kier alpha value is -3.75. The maximum atomic E-state index is 13.6. The zero-order valence-corrected chi connectivity index (χ0v) is 14.3. The molecule has 27 heavy (non-hydrogen) atoms. The number of H-pyrrole nitrogens is 1. The van der Waals surface area contributed by atoms with Crippen molar-refractivity contribution >= 4 is 12.1 Å². The molecule has 138 valence electrons. The molecule has 0 fully saturated rings. The second kappa shape index (κ2) is 8.09. The normalized spacial score (nSPS) is 10.9. The van der Waals surface area contributed by atoms with E-state index in [4.69, 9.17) is 4.74 Å². The first-order valence-corrected chi connectivity index (χ1v) is 7.96. The van der Waals surface area contributed by atoms with Gasteiger partial charge in [0.15, 0.2) is 0 Å². The Labute approximate surface area is 153 Å². The second-order valence-corrected chi connectivity index (χ2v) is 5.47. The number of nitrogens with zero attached hydrogens (tertiary/aromatic N) is 3. The summed E-state index contributed by atoms with van der Waals surface area (Å²) in [6.07, 6.45) is 1.43. The van der Waals surface area contributed by atoms with E-state index in [1.54, 1.807) is 43.5 Å². The molecule has 0 saturated heterocycles. The quantitative estimate of drug-likeness (QED) is 0.644. The first kappa shape index (κ1) is 18.1. The predicted molar refractivity (Wildman–Crippen MR) is 96.4 cm³/mol. The molecule has 0 bridgehead atoms. The molecule has 3 aromatic rings. The average molecular weight is 369 g/mol. The van der Waals surface area contributed by atoms with Gasteiger partial charge in [0, 0.05) is 12.1 Å². The fourth-order valence-electron chi connectivity index (χ4n) is 2.23. The van der Waals surface area contributed by atoms with E-state index in [0.717, 1.165) is 10.4 Å². The molecule has 2 aromatic carbocycles.